The Morgan fingerprint density at radius 1 is 1.52 bits per heavy atom. The van der Waals surface area contributed by atoms with E-state index >= 15 is 0 Å². The van der Waals surface area contributed by atoms with Gasteiger partial charge in [0.05, 0.1) is 5.02 Å². The number of piperidine rings is 1. The van der Waals surface area contributed by atoms with Crippen molar-refractivity contribution in [3.8, 4) is 0 Å². The molecule has 2 rings (SSSR count). The zero-order chi connectivity index (χ0) is 15.4. The zero-order valence-electron chi connectivity index (χ0n) is 12.5. The lowest BCUT2D eigenvalue weighted by molar-refractivity contribution is -0.131. The Morgan fingerprint density at radius 3 is 2.90 bits per heavy atom. The average Bonchev–Trinajstić information content (AvgIpc) is 2.48. The molecule has 3 nitrogen and oxygen atoms in total. The van der Waals surface area contributed by atoms with Crippen molar-refractivity contribution in [2.24, 2.45) is 5.92 Å². The van der Waals surface area contributed by atoms with Crippen LogP contribution in [0, 0.1) is 11.7 Å². The van der Waals surface area contributed by atoms with E-state index in [1.54, 1.807) is 13.0 Å². The number of nitrogens with zero attached hydrogens (tertiary/aromatic N) is 1. The van der Waals surface area contributed by atoms with Gasteiger partial charge in [-0.05, 0) is 30.0 Å². The van der Waals surface area contributed by atoms with E-state index in [-0.39, 0.29) is 16.7 Å². The maximum absolute atomic E-state index is 13.4. The highest BCUT2D eigenvalue weighted by Crippen LogP contribution is 2.21. The highest BCUT2D eigenvalue weighted by Gasteiger charge is 2.28. The summed E-state index contributed by atoms with van der Waals surface area (Å²) in [5.74, 6) is 0.209. The van der Waals surface area contributed by atoms with E-state index in [1.807, 2.05) is 11.0 Å². The first-order valence-electron chi connectivity index (χ1n) is 7.44. The van der Waals surface area contributed by atoms with Gasteiger partial charge < -0.3 is 10.2 Å². The lowest BCUT2D eigenvalue weighted by Gasteiger charge is -2.38. The van der Waals surface area contributed by atoms with Crippen LogP contribution >= 0.6 is 11.6 Å². The maximum atomic E-state index is 13.4. The fourth-order valence-electron chi connectivity index (χ4n) is 2.90. The summed E-state index contributed by atoms with van der Waals surface area (Å²) in [6.45, 7) is 5.98. The Labute approximate surface area is 130 Å². The second-order valence-corrected chi connectivity index (χ2v) is 6.07. The predicted octanol–water partition coefficient (Wildman–Crippen LogP) is 3.22. The molecule has 0 spiro atoms. The molecule has 0 bridgehead atoms. The molecule has 1 aromatic carbocycles. The molecular formula is C16H22ClFN2O. The van der Waals surface area contributed by atoms with E-state index in [0.717, 1.165) is 31.5 Å². The SMILES string of the molecule is CC[C@@H]1CN(C(C)=O)CC[C@H]1NCc1ccc(Cl)c(F)c1. The van der Waals surface area contributed by atoms with Crippen LogP contribution in [0.3, 0.4) is 0 Å². The molecule has 1 aliphatic rings. The molecule has 1 saturated heterocycles. The Balaban J connectivity index is 1.93. The normalized spacial score (nSPS) is 22.4. The average molecular weight is 313 g/mol. The molecule has 0 aromatic heterocycles. The zero-order valence-corrected chi connectivity index (χ0v) is 13.3. The van der Waals surface area contributed by atoms with Gasteiger partial charge in [0.2, 0.25) is 5.91 Å². The molecule has 116 valence electrons. The van der Waals surface area contributed by atoms with Gasteiger partial charge in [0.15, 0.2) is 0 Å². The second kappa shape index (κ2) is 7.23. The summed E-state index contributed by atoms with van der Waals surface area (Å²) in [6.07, 6.45) is 1.96. The van der Waals surface area contributed by atoms with Gasteiger partial charge in [-0.2, -0.15) is 0 Å². The lowest BCUT2D eigenvalue weighted by Crippen LogP contribution is -2.50. The van der Waals surface area contributed by atoms with Crippen LogP contribution in [0.25, 0.3) is 0 Å². The number of rotatable bonds is 4. The number of benzene rings is 1. The van der Waals surface area contributed by atoms with Gasteiger partial charge >= 0.3 is 0 Å². The van der Waals surface area contributed by atoms with Gasteiger partial charge in [-0.1, -0.05) is 31.0 Å². The summed E-state index contributed by atoms with van der Waals surface area (Å²) >= 11 is 5.69. The number of halogens is 2. The summed E-state index contributed by atoms with van der Waals surface area (Å²) in [5, 5.41) is 3.65. The molecule has 1 aliphatic heterocycles. The van der Waals surface area contributed by atoms with Crippen molar-refractivity contribution >= 4 is 17.5 Å². The summed E-state index contributed by atoms with van der Waals surface area (Å²) in [6, 6.07) is 5.26. The third-order valence-corrected chi connectivity index (χ3v) is 4.56. The minimum absolute atomic E-state index is 0.145. The monoisotopic (exact) mass is 312 g/mol. The van der Waals surface area contributed by atoms with Crippen LogP contribution in [-0.4, -0.2) is 29.9 Å². The van der Waals surface area contributed by atoms with Crippen LogP contribution in [0.4, 0.5) is 4.39 Å². The first-order valence-corrected chi connectivity index (χ1v) is 7.82. The Bertz CT molecular complexity index is 509. The van der Waals surface area contributed by atoms with Crippen molar-refractivity contribution in [1.29, 1.82) is 0 Å². The second-order valence-electron chi connectivity index (χ2n) is 5.66. The Morgan fingerprint density at radius 2 is 2.29 bits per heavy atom. The van der Waals surface area contributed by atoms with Crippen molar-refractivity contribution < 1.29 is 9.18 Å². The number of hydrogen-bond donors (Lipinski definition) is 1. The molecule has 1 heterocycles. The van der Waals surface area contributed by atoms with Crippen molar-refractivity contribution in [2.45, 2.75) is 39.3 Å². The molecule has 0 saturated carbocycles. The number of hydrogen-bond acceptors (Lipinski definition) is 2. The van der Waals surface area contributed by atoms with Gasteiger partial charge in [0.25, 0.3) is 0 Å². The standard InChI is InChI=1S/C16H22ClFN2O/c1-3-13-10-20(11(2)21)7-6-16(13)19-9-12-4-5-14(17)15(18)8-12/h4-5,8,13,16,19H,3,6-7,9-10H2,1-2H3/t13-,16-/m1/s1. The molecule has 21 heavy (non-hydrogen) atoms. The number of carbonyl (C=O) groups excluding carboxylic acids is 1. The smallest absolute Gasteiger partial charge is 0.219 e. The summed E-state index contributed by atoms with van der Waals surface area (Å²) in [5.41, 5.74) is 0.890. The number of likely N-dealkylation sites (tertiary alicyclic amines) is 1. The van der Waals surface area contributed by atoms with Gasteiger partial charge in [0, 0.05) is 32.6 Å². The van der Waals surface area contributed by atoms with E-state index in [9.17, 15) is 9.18 Å². The van der Waals surface area contributed by atoms with Crippen molar-refractivity contribution in [3.05, 3.63) is 34.6 Å². The molecule has 1 N–H and O–H groups in total. The van der Waals surface area contributed by atoms with Gasteiger partial charge in [-0.3, -0.25) is 4.79 Å². The minimum Gasteiger partial charge on any atom is -0.343 e. The number of nitrogens with one attached hydrogen (secondary N) is 1. The van der Waals surface area contributed by atoms with Crippen molar-refractivity contribution in [1.82, 2.24) is 10.2 Å². The molecule has 5 heteroatoms. The van der Waals surface area contributed by atoms with E-state index in [1.165, 1.54) is 6.07 Å². The molecule has 1 aromatic rings. The van der Waals surface area contributed by atoms with Gasteiger partial charge in [-0.15, -0.1) is 0 Å². The maximum Gasteiger partial charge on any atom is 0.219 e. The Kier molecular flexibility index (Phi) is 5.59. The molecule has 1 fully saturated rings. The third-order valence-electron chi connectivity index (χ3n) is 4.26. The summed E-state index contributed by atoms with van der Waals surface area (Å²) < 4.78 is 13.4. The van der Waals surface area contributed by atoms with Gasteiger partial charge in [-0.25, -0.2) is 4.39 Å². The van der Waals surface area contributed by atoms with E-state index in [0.29, 0.717) is 18.5 Å². The molecule has 0 unspecified atom stereocenters. The quantitative estimate of drug-likeness (QED) is 0.926. The Hall–Kier alpha value is -1.13. The van der Waals surface area contributed by atoms with Crippen LogP contribution in [0.1, 0.15) is 32.3 Å². The minimum atomic E-state index is -0.380. The largest absolute Gasteiger partial charge is 0.343 e. The highest BCUT2D eigenvalue weighted by molar-refractivity contribution is 6.30. The molecule has 2 atom stereocenters. The summed E-state index contributed by atoms with van der Waals surface area (Å²) in [4.78, 5) is 13.4. The lowest BCUT2D eigenvalue weighted by atomic mass is 9.89. The molecule has 0 radical (unpaired) electrons. The first kappa shape index (κ1) is 16.2. The fraction of sp³-hybridized carbons (Fsp3) is 0.562. The van der Waals surface area contributed by atoms with Crippen molar-refractivity contribution in [3.63, 3.8) is 0 Å². The number of amides is 1. The van der Waals surface area contributed by atoms with Crippen LogP contribution in [-0.2, 0) is 11.3 Å². The van der Waals surface area contributed by atoms with Gasteiger partial charge in [0.1, 0.15) is 5.82 Å². The van der Waals surface area contributed by atoms with E-state index < -0.39 is 0 Å². The number of carbonyl (C=O) groups is 1. The van der Waals surface area contributed by atoms with Crippen LogP contribution in [0.15, 0.2) is 18.2 Å². The van der Waals surface area contributed by atoms with E-state index in [2.05, 4.69) is 12.2 Å². The van der Waals surface area contributed by atoms with Crippen LogP contribution in [0.2, 0.25) is 5.02 Å². The van der Waals surface area contributed by atoms with Crippen LogP contribution < -0.4 is 5.32 Å². The first-order chi connectivity index (χ1) is 10.0. The highest BCUT2D eigenvalue weighted by atomic mass is 35.5. The van der Waals surface area contributed by atoms with Crippen molar-refractivity contribution in [2.75, 3.05) is 13.1 Å². The van der Waals surface area contributed by atoms with E-state index in [4.69, 9.17) is 11.6 Å². The summed E-state index contributed by atoms with van der Waals surface area (Å²) in [7, 11) is 0. The molecular weight excluding hydrogens is 291 g/mol. The predicted molar refractivity (Wildman–Crippen MR) is 82.7 cm³/mol. The molecule has 0 aliphatic carbocycles. The fourth-order valence-corrected chi connectivity index (χ4v) is 3.02. The topological polar surface area (TPSA) is 32.3 Å². The third kappa shape index (κ3) is 4.17. The van der Waals surface area contributed by atoms with Crippen LogP contribution in [0.5, 0.6) is 0 Å². The molecule has 1 amide bonds.